The lowest BCUT2D eigenvalue weighted by Crippen LogP contribution is -2.60. The predicted molar refractivity (Wildman–Crippen MR) is 76.1 cm³/mol. The number of pyridine rings is 1. The third kappa shape index (κ3) is 2.65. The van der Waals surface area contributed by atoms with Gasteiger partial charge in [-0.05, 0) is 12.1 Å². The third-order valence-corrected chi connectivity index (χ3v) is 3.69. The summed E-state index contributed by atoms with van der Waals surface area (Å²) in [4.78, 5) is 4.22. The first kappa shape index (κ1) is 15.1. The molecule has 1 fully saturated rings. The molecule has 2 heterocycles. The molecule has 0 spiro atoms. The average molecular weight is 307 g/mol. The average Bonchev–Trinajstić information content (AvgIpc) is 2.55. The van der Waals surface area contributed by atoms with Crippen LogP contribution in [0.25, 0.3) is 10.9 Å². The minimum atomic E-state index is -1.47. The van der Waals surface area contributed by atoms with E-state index in [-0.39, 0.29) is 0 Å². The number of hydrogen-bond acceptors (Lipinski definition) is 7. The van der Waals surface area contributed by atoms with Gasteiger partial charge in [-0.25, -0.2) is 0 Å². The summed E-state index contributed by atoms with van der Waals surface area (Å²) in [7, 11) is 0. The summed E-state index contributed by atoms with van der Waals surface area (Å²) in [6.45, 7) is -0.501. The maximum absolute atomic E-state index is 9.99. The number of benzene rings is 1. The molecule has 2 aromatic rings. The zero-order valence-corrected chi connectivity index (χ0v) is 11.6. The molecule has 118 valence electrons. The van der Waals surface area contributed by atoms with E-state index in [1.165, 1.54) is 0 Å². The quantitative estimate of drug-likeness (QED) is 0.600. The summed E-state index contributed by atoms with van der Waals surface area (Å²) < 4.78 is 10.9. The smallest absolute Gasteiger partial charge is 0.229 e. The Kier molecular flexibility index (Phi) is 4.23. The molecule has 1 aromatic carbocycles. The van der Waals surface area contributed by atoms with Crippen molar-refractivity contribution >= 4 is 10.9 Å². The van der Waals surface area contributed by atoms with Crippen LogP contribution in [0.3, 0.4) is 0 Å². The molecule has 1 aromatic heterocycles. The number of aliphatic hydroxyl groups is 4. The van der Waals surface area contributed by atoms with Gasteiger partial charge in [-0.1, -0.05) is 18.2 Å². The minimum Gasteiger partial charge on any atom is -0.460 e. The highest BCUT2D eigenvalue weighted by molar-refractivity contribution is 5.84. The normalized spacial score (nSPS) is 32.1. The van der Waals surface area contributed by atoms with Crippen molar-refractivity contribution in [3.63, 3.8) is 0 Å². The van der Waals surface area contributed by atoms with Gasteiger partial charge in [0.05, 0.1) is 6.61 Å². The second-order valence-corrected chi connectivity index (χ2v) is 5.15. The highest BCUT2D eigenvalue weighted by Gasteiger charge is 2.44. The van der Waals surface area contributed by atoms with Crippen molar-refractivity contribution < 1.29 is 29.9 Å². The monoisotopic (exact) mass is 307 g/mol. The molecule has 5 atom stereocenters. The van der Waals surface area contributed by atoms with Crippen LogP contribution in [-0.2, 0) is 4.74 Å². The van der Waals surface area contributed by atoms with Crippen molar-refractivity contribution in [2.24, 2.45) is 0 Å². The Morgan fingerprint density at radius 2 is 1.82 bits per heavy atom. The number of fused-ring (bicyclic) bond motifs is 1. The molecule has 0 amide bonds. The van der Waals surface area contributed by atoms with Crippen molar-refractivity contribution in [1.29, 1.82) is 0 Å². The maximum atomic E-state index is 9.99. The van der Waals surface area contributed by atoms with Gasteiger partial charge < -0.3 is 29.9 Å². The third-order valence-electron chi connectivity index (χ3n) is 3.69. The first-order chi connectivity index (χ1) is 10.6. The van der Waals surface area contributed by atoms with E-state index in [4.69, 9.17) is 9.47 Å². The van der Waals surface area contributed by atoms with E-state index in [1.807, 2.05) is 12.1 Å². The number of aromatic nitrogens is 1. The van der Waals surface area contributed by atoms with Crippen LogP contribution in [0.2, 0.25) is 0 Å². The summed E-state index contributed by atoms with van der Waals surface area (Å²) in [5.41, 5.74) is 0.585. The minimum absolute atomic E-state index is 0.377. The Labute approximate surface area is 126 Å². The molecule has 1 aliphatic rings. The van der Waals surface area contributed by atoms with E-state index in [9.17, 15) is 20.4 Å². The number of rotatable bonds is 3. The Morgan fingerprint density at radius 1 is 1.05 bits per heavy atom. The Hall–Kier alpha value is -1.77. The fourth-order valence-corrected chi connectivity index (χ4v) is 2.46. The van der Waals surface area contributed by atoms with Crippen LogP contribution in [0.1, 0.15) is 0 Å². The topological polar surface area (TPSA) is 112 Å². The van der Waals surface area contributed by atoms with Crippen LogP contribution in [0.15, 0.2) is 36.5 Å². The molecule has 0 aliphatic carbocycles. The second-order valence-electron chi connectivity index (χ2n) is 5.15. The summed E-state index contributed by atoms with van der Waals surface area (Å²) >= 11 is 0. The molecule has 0 saturated carbocycles. The summed E-state index contributed by atoms with van der Waals surface area (Å²) in [6.07, 6.45) is -4.95. The van der Waals surface area contributed by atoms with Gasteiger partial charge in [0.25, 0.3) is 0 Å². The summed E-state index contributed by atoms with van der Waals surface area (Å²) in [5.74, 6) is 0.377. The van der Waals surface area contributed by atoms with Gasteiger partial charge in [0.1, 0.15) is 35.7 Å². The van der Waals surface area contributed by atoms with Crippen molar-refractivity contribution in [2.75, 3.05) is 6.61 Å². The largest absolute Gasteiger partial charge is 0.460 e. The summed E-state index contributed by atoms with van der Waals surface area (Å²) in [6, 6.07) is 8.95. The molecule has 22 heavy (non-hydrogen) atoms. The number of ether oxygens (including phenoxy) is 2. The lowest BCUT2D eigenvalue weighted by atomic mass is 9.99. The SMILES string of the molecule is OC[C@@H]1O[C@@H](Oc2cccc3cccnc23)[C@@H](O)[C@H](O)[C@@H]1O. The second kappa shape index (κ2) is 6.15. The Bertz CT molecular complexity index is 643. The fourth-order valence-electron chi connectivity index (χ4n) is 2.46. The number of para-hydroxylation sites is 1. The molecular formula is C15H17NO6. The molecule has 1 saturated heterocycles. The Morgan fingerprint density at radius 3 is 2.59 bits per heavy atom. The van der Waals surface area contributed by atoms with Crippen molar-refractivity contribution in [2.45, 2.75) is 30.7 Å². The van der Waals surface area contributed by atoms with E-state index < -0.39 is 37.3 Å². The van der Waals surface area contributed by atoms with Crippen LogP contribution in [0, 0.1) is 0 Å². The van der Waals surface area contributed by atoms with E-state index >= 15 is 0 Å². The van der Waals surface area contributed by atoms with E-state index in [0.29, 0.717) is 11.3 Å². The molecule has 7 heteroatoms. The molecule has 7 nitrogen and oxygen atoms in total. The molecule has 0 bridgehead atoms. The maximum Gasteiger partial charge on any atom is 0.229 e. The zero-order chi connectivity index (χ0) is 15.7. The van der Waals surface area contributed by atoms with E-state index in [2.05, 4.69) is 4.98 Å². The fraction of sp³-hybridized carbons (Fsp3) is 0.400. The van der Waals surface area contributed by atoms with Crippen LogP contribution >= 0.6 is 0 Å². The molecule has 0 unspecified atom stereocenters. The number of nitrogens with zero attached hydrogens (tertiary/aromatic N) is 1. The van der Waals surface area contributed by atoms with Gasteiger partial charge in [0, 0.05) is 11.6 Å². The number of hydrogen-bond donors (Lipinski definition) is 4. The lowest BCUT2D eigenvalue weighted by Gasteiger charge is -2.39. The van der Waals surface area contributed by atoms with Crippen LogP contribution in [0.5, 0.6) is 5.75 Å². The van der Waals surface area contributed by atoms with E-state index in [1.54, 1.807) is 24.4 Å². The molecule has 4 N–H and O–H groups in total. The molecule has 1 aliphatic heterocycles. The molecule has 3 rings (SSSR count). The summed E-state index contributed by atoms with van der Waals surface area (Å²) in [5, 5.41) is 39.5. The molecule has 0 radical (unpaired) electrons. The van der Waals surface area contributed by atoms with Gasteiger partial charge in [-0.2, -0.15) is 0 Å². The highest BCUT2D eigenvalue weighted by Crippen LogP contribution is 2.28. The highest BCUT2D eigenvalue weighted by atomic mass is 16.7. The van der Waals surface area contributed by atoms with Crippen molar-refractivity contribution in [3.05, 3.63) is 36.5 Å². The van der Waals surface area contributed by atoms with Crippen LogP contribution < -0.4 is 4.74 Å². The Balaban J connectivity index is 1.87. The molecular weight excluding hydrogens is 290 g/mol. The first-order valence-corrected chi connectivity index (χ1v) is 6.92. The van der Waals surface area contributed by atoms with E-state index in [0.717, 1.165) is 5.39 Å². The predicted octanol–water partition coefficient (Wildman–Crippen LogP) is -0.587. The van der Waals surface area contributed by atoms with Crippen LogP contribution in [-0.4, -0.2) is 62.7 Å². The van der Waals surface area contributed by atoms with Crippen molar-refractivity contribution in [3.8, 4) is 5.75 Å². The first-order valence-electron chi connectivity index (χ1n) is 6.92. The number of aliphatic hydroxyl groups excluding tert-OH is 4. The van der Waals surface area contributed by atoms with Crippen molar-refractivity contribution in [1.82, 2.24) is 4.98 Å². The van der Waals surface area contributed by atoms with Gasteiger partial charge in [-0.3, -0.25) is 4.98 Å². The van der Waals surface area contributed by atoms with Crippen LogP contribution in [0.4, 0.5) is 0 Å². The van der Waals surface area contributed by atoms with Gasteiger partial charge in [0.2, 0.25) is 6.29 Å². The van der Waals surface area contributed by atoms with Gasteiger partial charge in [-0.15, -0.1) is 0 Å². The van der Waals surface area contributed by atoms with Gasteiger partial charge in [0.15, 0.2) is 0 Å². The standard InChI is InChI=1S/C15H17NO6/c17-7-10-12(18)13(19)14(20)15(22-10)21-9-5-1-3-8-4-2-6-16-11(8)9/h1-6,10,12-15,17-20H,7H2/t10-,12+,13+,14-,15+/m0/s1. The van der Waals surface area contributed by atoms with Gasteiger partial charge >= 0.3 is 0 Å². The zero-order valence-electron chi connectivity index (χ0n) is 11.6. The lowest BCUT2D eigenvalue weighted by molar-refractivity contribution is -0.277.